The van der Waals surface area contributed by atoms with Crippen LogP contribution in [-0.4, -0.2) is 31.5 Å². The van der Waals surface area contributed by atoms with E-state index in [2.05, 4.69) is 16.3 Å². The lowest BCUT2D eigenvalue weighted by Gasteiger charge is -2.24. The van der Waals surface area contributed by atoms with Crippen molar-refractivity contribution in [1.82, 2.24) is 10.2 Å². The smallest absolute Gasteiger partial charge is 0.244 e. The van der Waals surface area contributed by atoms with E-state index in [0.29, 0.717) is 49.7 Å². The van der Waals surface area contributed by atoms with Crippen LogP contribution in [0.1, 0.15) is 17.0 Å². The van der Waals surface area contributed by atoms with E-state index in [4.69, 9.17) is 47.9 Å². The Balaban J connectivity index is 1.97. The number of fused-ring (bicyclic) bond motifs is 1. The van der Waals surface area contributed by atoms with Crippen LogP contribution in [0.4, 0.5) is 0 Å². The van der Waals surface area contributed by atoms with Gasteiger partial charge in [-0.05, 0) is 29.8 Å². The van der Waals surface area contributed by atoms with Crippen LogP contribution in [-0.2, 0) is 0 Å². The molecule has 0 aliphatic carbocycles. The summed E-state index contributed by atoms with van der Waals surface area (Å²) in [5.41, 5.74) is 8.86. The van der Waals surface area contributed by atoms with E-state index in [-0.39, 0.29) is 17.3 Å². The summed E-state index contributed by atoms with van der Waals surface area (Å²) in [4.78, 5) is 0. The van der Waals surface area contributed by atoms with Crippen molar-refractivity contribution >= 4 is 23.2 Å². The number of hydrogen-bond donors (Lipinski definition) is 2. The van der Waals surface area contributed by atoms with Crippen molar-refractivity contribution in [1.29, 1.82) is 5.26 Å². The lowest BCUT2D eigenvalue weighted by molar-refractivity contribution is 0.324. The number of methoxy groups -OCH3 is 3. The number of aromatic nitrogens is 2. The van der Waals surface area contributed by atoms with E-state index in [0.717, 1.165) is 0 Å². The molecule has 0 bridgehead atoms. The lowest BCUT2D eigenvalue weighted by atomic mass is 9.83. The van der Waals surface area contributed by atoms with E-state index in [9.17, 15) is 5.26 Å². The number of nitrogens with one attached hydrogen (secondary N) is 1. The summed E-state index contributed by atoms with van der Waals surface area (Å²) in [6.45, 7) is 0. The molecule has 1 aliphatic rings. The zero-order valence-corrected chi connectivity index (χ0v) is 18.8. The lowest BCUT2D eigenvalue weighted by Crippen LogP contribution is -2.21. The molecule has 3 N–H and O–H groups in total. The molecule has 1 aliphatic heterocycles. The van der Waals surface area contributed by atoms with Gasteiger partial charge in [-0.3, -0.25) is 5.10 Å². The molecule has 3 aromatic rings. The fraction of sp³-hybridized carbons (Fsp3) is 0.182. The number of aromatic amines is 1. The Hall–Kier alpha value is -3.54. The number of ether oxygens (including phenoxy) is 4. The molecule has 0 radical (unpaired) electrons. The normalized spacial score (nSPS) is 14.9. The van der Waals surface area contributed by atoms with Gasteiger partial charge in [-0.15, -0.1) is 5.10 Å². The topological polar surface area (TPSA) is 115 Å². The SMILES string of the molecule is COc1cc(-c2[nH]nc3c2C(c2ccc(Cl)c(Cl)c2)C(C#N)=C(N)O3)cc(OC)c1OC. The second kappa shape index (κ2) is 8.54. The quantitative estimate of drug-likeness (QED) is 0.555. The van der Waals surface area contributed by atoms with Crippen molar-refractivity contribution in [2.45, 2.75) is 5.92 Å². The van der Waals surface area contributed by atoms with Gasteiger partial charge in [0.2, 0.25) is 17.5 Å². The maximum Gasteiger partial charge on any atom is 0.244 e. The molecular weight excluding hydrogens is 455 g/mol. The largest absolute Gasteiger partial charge is 0.493 e. The Morgan fingerprint density at radius 2 is 1.75 bits per heavy atom. The number of nitrogens with zero attached hydrogens (tertiary/aromatic N) is 2. The van der Waals surface area contributed by atoms with Crippen LogP contribution >= 0.6 is 23.2 Å². The Morgan fingerprint density at radius 3 is 2.31 bits per heavy atom. The monoisotopic (exact) mass is 472 g/mol. The van der Waals surface area contributed by atoms with Gasteiger partial charge in [0.15, 0.2) is 11.5 Å². The van der Waals surface area contributed by atoms with E-state index >= 15 is 0 Å². The third-order valence-corrected chi connectivity index (χ3v) is 5.91. The van der Waals surface area contributed by atoms with Crippen molar-refractivity contribution in [3.8, 4) is 40.5 Å². The van der Waals surface area contributed by atoms with Gasteiger partial charge < -0.3 is 24.7 Å². The molecule has 8 nitrogen and oxygen atoms in total. The highest BCUT2D eigenvalue weighted by Gasteiger charge is 2.36. The van der Waals surface area contributed by atoms with E-state index in [1.807, 2.05) is 0 Å². The fourth-order valence-electron chi connectivity index (χ4n) is 3.72. The second-order valence-corrected chi connectivity index (χ2v) is 7.64. The van der Waals surface area contributed by atoms with Gasteiger partial charge >= 0.3 is 0 Å². The minimum Gasteiger partial charge on any atom is -0.493 e. The first-order valence-electron chi connectivity index (χ1n) is 9.34. The molecule has 1 aromatic heterocycles. The van der Waals surface area contributed by atoms with Crippen LogP contribution in [0, 0.1) is 11.3 Å². The Morgan fingerprint density at radius 1 is 1.06 bits per heavy atom. The first-order chi connectivity index (χ1) is 15.4. The molecule has 0 fully saturated rings. The molecule has 0 amide bonds. The molecular formula is C22H18Cl2N4O4. The number of halogens is 2. The maximum absolute atomic E-state index is 9.86. The van der Waals surface area contributed by atoms with Gasteiger partial charge in [0.25, 0.3) is 0 Å². The Bertz CT molecular complexity index is 1250. The van der Waals surface area contributed by atoms with Crippen molar-refractivity contribution in [2.24, 2.45) is 5.73 Å². The second-order valence-electron chi connectivity index (χ2n) is 6.83. The molecule has 10 heteroatoms. The van der Waals surface area contributed by atoms with Crippen LogP contribution in [0.15, 0.2) is 41.8 Å². The van der Waals surface area contributed by atoms with Crippen molar-refractivity contribution < 1.29 is 18.9 Å². The predicted molar refractivity (Wildman–Crippen MR) is 119 cm³/mol. The van der Waals surface area contributed by atoms with Gasteiger partial charge in [-0.25, -0.2) is 0 Å². The molecule has 32 heavy (non-hydrogen) atoms. The summed E-state index contributed by atoms with van der Waals surface area (Å²) in [6.07, 6.45) is 0. The summed E-state index contributed by atoms with van der Waals surface area (Å²) in [7, 11) is 4.59. The molecule has 1 unspecified atom stereocenters. The van der Waals surface area contributed by atoms with Crippen molar-refractivity contribution in [2.75, 3.05) is 21.3 Å². The Labute approximate surface area is 194 Å². The molecule has 0 spiro atoms. The molecule has 164 valence electrons. The highest BCUT2D eigenvalue weighted by Crippen LogP contribution is 2.48. The van der Waals surface area contributed by atoms with Gasteiger partial charge in [0, 0.05) is 5.56 Å². The van der Waals surface area contributed by atoms with Crippen LogP contribution in [0.2, 0.25) is 10.0 Å². The number of nitrogens with two attached hydrogens (primary N) is 1. The van der Waals surface area contributed by atoms with Gasteiger partial charge in [0.05, 0.1) is 48.5 Å². The number of allylic oxidation sites excluding steroid dienone is 1. The van der Waals surface area contributed by atoms with Crippen molar-refractivity contribution in [3.63, 3.8) is 0 Å². The molecule has 4 rings (SSSR count). The zero-order valence-electron chi connectivity index (χ0n) is 17.3. The number of hydrogen-bond acceptors (Lipinski definition) is 7. The number of H-pyrrole nitrogens is 1. The van der Waals surface area contributed by atoms with E-state index in [1.165, 1.54) is 21.3 Å². The first kappa shape index (κ1) is 21.7. The molecule has 2 heterocycles. The van der Waals surface area contributed by atoms with Gasteiger partial charge in [-0.1, -0.05) is 29.3 Å². The van der Waals surface area contributed by atoms with Crippen LogP contribution in [0.25, 0.3) is 11.3 Å². The average molecular weight is 473 g/mol. The average Bonchev–Trinajstić information content (AvgIpc) is 3.22. The summed E-state index contributed by atoms with van der Waals surface area (Å²) in [5, 5.41) is 17.9. The van der Waals surface area contributed by atoms with Crippen LogP contribution < -0.4 is 24.7 Å². The first-order valence-corrected chi connectivity index (χ1v) is 10.1. The Kier molecular flexibility index (Phi) is 5.78. The number of benzene rings is 2. The number of nitriles is 1. The minimum atomic E-state index is -0.591. The summed E-state index contributed by atoms with van der Waals surface area (Å²) in [5.74, 6) is 1.00. The summed E-state index contributed by atoms with van der Waals surface area (Å²) < 4.78 is 22.0. The van der Waals surface area contributed by atoms with E-state index < -0.39 is 5.92 Å². The van der Waals surface area contributed by atoms with Crippen LogP contribution in [0.3, 0.4) is 0 Å². The molecule has 0 saturated carbocycles. The van der Waals surface area contributed by atoms with Crippen LogP contribution in [0.5, 0.6) is 23.1 Å². The molecule has 1 atom stereocenters. The molecule has 0 saturated heterocycles. The minimum absolute atomic E-state index is 0.0287. The van der Waals surface area contributed by atoms with Crippen molar-refractivity contribution in [3.05, 3.63) is 63.0 Å². The molecule has 2 aromatic carbocycles. The zero-order chi connectivity index (χ0) is 23.0. The fourth-order valence-corrected chi connectivity index (χ4v) is 4.02. The number of rotatable bonds is 5. The predicted octanol–water partition coefficient (Wildman–Crippen LogP) is 4.63. The summed E-state index contributed by atoms with van der Waals surface area (Å²) in [6, 6.07) is 10.8. The highest BCUT2D eigenvalue weighted by molar-refractivity contribution is 6.42. The van der Waals surface area contributed by atoms with Gasteiger partial charge in [-0.2, -0.15) is 5.26 Å². The highest BCUT2D eigenvalue weighted by atomic mass is 35.5. The standard InChI is InChI=1S/C22H18Cl2N4O4/c1-29-15-7-11(8-16(30-2)20(15)31-3)19-18-17(10-4-5-13(23)14(24)6-10)12(9-25)21(26)32-22(18)28-27-19/h4-8,17H,26H2,1-3H3,(H,27,28). The summed E-state index contributed by atoms with van der Waals surface area (Å²) >= 11 is 12.4. The third-order valence-electron chi connectivity index (χ3n) is 5.17. The van der Waals surface area contributed by atoms with E-state index in [1.54, 1.807) is 30.3 Å². The third kappa shape index (κ3) is 3.45. The van der Waals surface area contributed by atoms with Gasteiger partial charge in [0.1, 0.15) is 11.6 Å². The maximum atomic E-state index is 9.86.